The summed E-state index contributed by atoms with van der Waals surface area (Å²) < 4.78 is 6.66. The largest absolute Gasteiger partial charge is 0.394 e. The summed E-state index contributed by atoms with van der Waals surface area (Å²) in [6.45, 7) is 9.77. The minimum absolute atomic E-state index is 0.142. The van der Waals surface area contributed by atoms with E-state index < -0.39 is 41.5 Å². The predicted octanol–water partition coefficient (Wildman–Crippen LogP) is 4.20. The first-order valence-corrected chi connectivity index (χ1v) is 15.3. The Labute approximate surface area is 259 Å². The number of rotatable bonds is 11. The van der Waals surface area contributed by atoms with Crippen molar-refractivity contribution in [1.82, 2.24) is 9.80 Å². The molecule has 3 heterocycles. The monoisotopic (exact) mass is 655 g/mol. The Balaban J connectivity index is 1.57. The number of benzene rings is 2. The maximum absolute atomic E-state index is 14.6. The number of fused-ring (bicyclic) bond motifs is 1. The van der Waals surface area contributed by atoms with Gasteiger partial charge < -0.3 is 24.5 Å². The highest BCUT2D eigenvalue weighted by Crippen LogP contribution is 2.61. The summed E-state index contributed by atoms with van der Waals surface area (Å²) in [4.78, 5) is 47.6. The van der Waals surface area contributed by atoms with Crippen molar-refractivity contribution in [2.45, 2.75) is 48.5 Å². The van der Waals surface area contributed by atoms with Crippen LogP contribution in [-0.2, 0) is 25.7 Å². The van der Waals surface area contributed by atoms with Gasteiger partial charge in [-0.2, -0.15) is 0 Å². The summed E-state index contributed by atoms with van der Waals surface area (Å²) in [7, 11) is 0. The van der Waals surface area contributed by atoms with E-state index in [1.54, 1.807) is 48.2 Å². The van der Waals surface area contributed by atoms with Gasteiger partial charge in [0.2, 0.25) is 11.8 Å². The minimum atomic E-state index is -1.27. The van der Waals surface area contributed by atoms with Gasteiger partial charge in [-0.15, -0.1) is 13.2 Å². The van der Waals surface area contributed by atoms with Crippen molar-refractivity contribution in [3.8, 4) is 0 Å². The zero-order valence-corrected chi connectivity index (χ0v) is 25.8. The molecule has 2 bridgehead atoms. The Morgan fingerprint density at radius 3 is 2.45 bits per heavy atom. The summed E-state index contributed by atoms with van der Waals surface area (Å²) in [6.07, 6.45) is 3.00. The number of carbonyl (C=O) groups is 3. The fraction of sp³-hybridized carbons (Fsp3) is 0.406. The van der Waals surface area contributed by atoms with E-state index in [1.165, 1.54) is 9.80 Å². The Morgan fingerprint density at radius 1 is 1.14 bits per heavy atom. The molecule has 0 aliphatic carbocycles. The van der Waals surface area contributed by atoms with Crippen molar-refractivity contribution < 1.29 is 24.2 Å². The molecular formula is C32H35BrClN3O5. The number of halogens is 2. The van der Waals surface area contributed by atoms with Gasteiger partial charge >= 0.3 is 0 Å². The lowest BCUT2D eigenvalue weighted by Gasteiger charge is -2.38. The number of carbonyl (C=O) groups excluding carboxylic acids is 3. The Bertz CT molecular complexity index is 1370. The first kappa shape index (κ1) is 30.5. The van der Waals surface area contributed by atoms with Gasteiger partial charge in [0.05, 0.1) is 41.3 Å². The summed E-state index contributed by atoms with van der Waals surface area (Å²) in [5, 5.41) is 10.6. The van der Waals surface area contributed by atoms with E-state index in [-0.39, 0.29) is 36.3 Å². The molecule has 3 fully saturated rings. The van der Waals surface area contributed by atoms with Gasteiger partial charge in [-0.05, 0) is 31.0 Å². The number of para-hydroxylation sites is 1. The lowest BCUT2D eigenvalue weighted by molar-refractivity contribution is -0.147. The van der Waals surface area contributed by atoms with E-state index in [1.807, 2.05) is 30.3 Å². The van der Waals surface area contributed by atoms with Crippen LogP contribution in [-0.4, -0.2) is 80.9 Å². The molecule has 42 heavy (non-hydrogen) atoms. The number of amides is 3. The van der Waals surface area contributed by atoms with Crippen molar-refractivity contribution in [2.75, 3.05) is 24.6 Å². The Hall–Kier alpha value is -2.98. The van der Waals surface area contributed by atoms with Crippen LogP contribution in [0.4, 0.5) is 5.69 Å². The maximum Gasteiger partial charge on any atom is 0.253 e. The molecule has 7 atom stereocenters. The molecule has 0 saturated carbocycles. The van der Waals surface area contributed by atoms with Crippen LogP contribution in [0.2, 0.25) is 5.02 Å². The topological polar surface area (TPSA) is 90.4 Å². The minimum Gasteiger partial charge on any atom is -0.394 e. The lowest BCUT2D eigenvalue weighted by atomic mass is 9.70. The third kappa shape index (κ3) is 5.00. The zero-order chi connectivity index (χ0) is 30.2. The Kier molecular flexibility index (Phi) is 8.94. The van der Waals surface area contributed by atoms with E-state index in [2.05, 4.69) is 29.1 Å². The summed E-state index contributed by atoms with van der Waals surface area (Å²) in [6, 6.07) is 14.8. The first-order valence-electron chi connectivity index (χ1n) is 14.1. The highest BCUT2D eigenvalue weighted by atomic mass is 79.9. The van der Waals surface area contributed by atoms with E-state index in [9.17, 15) is 19.5 Å². The van der Waals surface area contributed by atoms with Crippen LogP contribution in [0.3, 0.4) is 0 Å². The second-order valence-corrected chi connectivity index (χ2v) is 12.7. The second-order valence-electron chi connectivity index (χ2n) is 11.1. The van der Waals surface area contributed by atoms with Gasteiger partial charge in [0.1, 0.15) is 11.6 Å². The maximum atomic E-state index is 14.6. The van der Waals surface area contributed by atoms with Crippen LogP contribution < -0.4 is 4.90 Å². The highest BCUT2D eigenvalue weighted by molar-refractivity contribution is 9.09. The van der Waals surface area contributed by atoms with Gasteiger partial charge in [0.25, 0.3) is 5.91 Å². The molecule has 1 N–H and O–H groups in total. The standard InChI is InChI=1S/C32H35BrClN3O5/c1-4-15-35(18-21-11-7-6-8-12-21)29(39)25-26-30(40)37(20(3)19-38)28(32(26)17-22(33)27(25)42-32)31(41)36(16-5-2)24-14-10-9-13-23(24)34/h4-14,20,22,25-28,38H,1-2,15-19H2,3H3/t20-,22?,25-,26+,27-,28?,32?/m1/s1. The van der Waals surface area contributed by atoms with Gasteiger partial charge in [0.15, 0.2) is 0 Å². The quantitative estimate of drug-likeness (QED) is 0.289. The third-order valence-electron chi connectivity index (χ3n) is 8.58. The van der Waals surface area contributed by atoms with Crippen LogP contribution in [0.1, 0.15) is 18.9 Å². The van der Waals surface area contributed by atoms with Crippen molar-refractivity contribution >= 4 is 50.9 Å². The van der Waals surface area contributed by atoms with Gasteiger partial charge in [0, 0.05) is 24.5 Å². The number of aliphatic hydroxyl groups excluding tert-OH is 1. The number of hydrogen-bond acceptors (Lipinski definition) is 5. The van der Waals surface area contributed by atoms with Crippen molar-refractivity contribution in [1.29, 1.82) is 0 Å². The molecule has 3 aliphatic heterocycles. The van der Waals surface area contributed by atoms with Crippen LogP contribution in [0.15, 0.2) is 79.9 Å². The van der Waals surface area contributed by atoms with Gasteiger partial charge in [-0.1, -0.05) is 82.1 Å². The number of anilines is 1. The van der Waals surface area contributed by atoms with Crippen molar-refractivity contribution in [3.63, 3.8) is 0 Å². The average molecular weight is 657 g/mol. The zero-order valence-electron chi connectivity index (χ0n) is 23.4. The van der Waals surface area contributed by atoms with E-state index in [0.29, 0.717) is 23.7 Å². The molecule has 0 radical (unpaired) electrons. The summed E-state index contributed by atoms with van der Waals surface area (Å²) >= 11 is 10.2. The number of alkyl halides is 1. The fourth-order valence-electron chi connectivity index (χ4n) is 6.85. The smallest absolute Gasteiger partial charge is 0.253 e. The number of nitrogens with zero attached hydrogens (tertiary/aromatic N) is 3. The normalized spacial score (nSPS) is 28.3. The molecule has 3 aliphatic rings. The first-order chi connectivity index (χ1) is 20.2. The van der Waals surface area contributed by atoms with Crippen LogP contribution in [0.5, 0.6) is 0 Å². The van der Waals surface area contributed by atoms with E-state index >= 15 is 0 Å². The van der Waals surface area contributed by atoms with Crippen LogP contribution >= 0.6 is 27.5 Å². The van der Waals surface area contributed by atoms with Crippen LogP contribution in [0, 0.1) is 11.8 Å². The third-order valence-corrected chi connectivity index (χ3v) is 9.75. The fourth-order valence-corrected chi connectivity index (χ4v) is 8.03. The molecule has 222 valence electrons. The van der Waals surface area contributed by atoms with Crippen LogP contribution in [0.25, 0.3) is 0 Å². The van der Waals surface area contributed by atoms with E-state index in [4.69, 9.17) is 16.3 Å². The lowest BCUT2D eigenvalue weighted by Crippen LogP contribution is -2.59. The van der Waals surface area contributed by atoms with E-state index in [0.717, 1.165) is 5.56 Å². The number of likely N-dealkylation sites (tertiary alicyclic amines) is 1. The molecule has 3 amide bonds. The molecular weight excluding hydrogens is 622 g/mol. The molecule has 1 spiro atoms. The molecule has 2 aromatic rings. The molecule has 5 rings (SSSR count). The SMILES string of the molecule is C=CCN(Cc1ccccc1)C(=O)[C@H]1[C@@H]2OC3(CC2Br)C(C(=O)N(CC=C)c2ccccc2Cl)N([C@H](C)CO)C(=O)[C@H]13. The number of hydrogen-bond donors (Lipinski definition) is 1. The predicted molar refractivity (Wildman–Crippen MR) is 165 cm³/mol. The molecule has 10 heteroatoms. The Morgan fingerprint density at radius 2 is 1.81 bits per heavy atom. The molecule has 3 unspecified atom stereocenters. The highest BCUT2D eigenvalue weighted by Gasteiger charge is 2.77. The number of ether oxygens (including phenoxy) is 1. The average Bonchev–Trinajstić information content (AvgIpc) is 3.59. The van der Waals surface area contributed by atoms with Gasteiger partial charge in [-0.25, -0.2) is 0 Å². The molecule has 8 nitrogen and oxygen atoms in total. The van der Waals surface area contributed by atoms with Crippen molar-refractivity contribution in [3.05, 3.63) is 90.5 Å². The van der Waals surface area contributed by atoms with Gasteiger partial charge in [-0.3, -0.25) is 14.4 Å². The van der Waals surface area contributed by atoms with Crippen molar-refractivity contribution in [2.24, 2.45) is 11.8 Å². The second kappa shape index (κ2) is 12.3. The molecule has 2 aromatic carbocycles. The molecule has 3 saturated heterocycles. The molecule has 0 aromatic heterocycles. The summed E-state index contributed by atoms with van der Waals surface area (Å²) in [5.74, 6) is -2.72. The summed E-state index contributed by atoms with van der Waals surface area (Å²) in [5.41, 5.74) is 0.149. The number of aliphatic hydroxyl groups is 1.